The van der Waals surface area contributed by atoms with Crippen LogP contribution in [0.4, 0.5) is 5.69 Å². The lowest BCUT2D eigenvalue weighted by atomic mass is 10.0. The van der Waals surface area contributed by atoms with E-state index in [4.69, 9.17) is 16.4 Å². The summed E-state index contributed by atoms with van der Waals surface area (Å²) >= 11 is 6.02. The van der Waals surface area contributed by atoms with Gasteiger partial charge in [0.2, 0.25) is 0 Å². The lowest BCUT2D eigenvalue weighted by molar-refractivity contribution is -0.110. The van der Waals surface area contributed by atoms with Crippen molar-refractivity contribution in [1.29, 1.82) is 0 Å². The highest BCUT2D eigenvalue weighted by molar-refractivity contribution is 6.43. The molecule has 0 bridgehead atoms. The van der Waals surface area contributed by atoms with Gasteiger partial charge in [-0.05, 0) is 23.8 Å². The second-order valence-electron chi connectivity index (χ2n) is 6.09. The van der Waals surface area contributed by atoms with Crippen LogP contribution >= 0.6 is 11.6 Å². The number of carbonyl (C=O) groups excluding carboxylic acids is 2. The molecular formula is C19H18ClN3O3. The van der Waals surface area contributed by atoms with Crippen LogP contribution in [0.15, 0.2) is 53.7 Å². The topological polar surface area (TPSA) is 71.0 Å². The van der Waals surface area contributed by atoms with Crippen LogP contribution in [-0.2, 0) is 9.63 Å². The van der Waals surface area contributed by atoms with E-state index in [9.17, 15) is 9.59 Å². The summed E-state index contributed by atoms with van der Waals surface area (Å²) in [6, 6.07) is 14.3. The van der Waals surface area contributed by atoms with Gasteiger partial charge in [0.05, 0.1) is 11.3 Å². The SMILES string of the molecule is CN(C)C(=O)c1ccc(Cl)cc1NC(=O)C1=NO[C@@H](c2ccccc2)C1. The van der Waals surface area contributed by atoms with Crippen LogP contribution < -0.4 is 5.32 Å². The van der Waals surface area contributed by atoms with Crippen molar-refractivity contribution in [3.05, 3.63) is 64.7 Å². The van der Waals surface area contributed by atoms with Crippen LogP contribution in [-0.4, -0.2) is 36.5 Å². The highest BCUT2D eigenvalue weighted by Gasteiger charge is 2.28. The molecule has 1 aliphatic heterocycles. The number of rotatable bonds is 4. The van der Waals surface area contributed by atoms with E-state index in [2.05, 4.69) is 10.5 Å². The average Bonchev–Trinajstić information content (AvgIpc) is 3.12. The summed E-state index contributed by atoms with van der Waals surface area (Å²) in [5, 5.41) is 7.04. The Labute approximate surface area is 156 Å². The normalized spacial score (nSPS) is 15.8. The summed E-state index contributed by atoms with van der Waals surface area (Å²) in [7, 11) is 3.28. The van der Waals surface area contributed by atoms with Crippen molar-refractivity contribution in [1.82, 2.24) is 4.90 Å². The van der Waals surface area contributed by atoms with Crippen molar-refractivity contribution in [3.8, 4) is 0 Å². The van der Waals surface area contributed by atoms with Gasteiger partial charge in [0.15, 0.2) is 6.10 Å². The van der Waals surface area contributed by atoms with Gasteiger partial charge in [0.1, 0.15) is 5.71 Å². The van der Waals surface area contributed by atoms with E-state index in [-0.39, 0.29) is 17.7 Å². The number of amides is 2. The Hall–Kier alpha value is -2.86. The molecule has 1 atom stereocenters. The first-order chi connectivity index (χ1) is 12.5. The number of nitrogens with zero attached hydrogens (tertiary/aromatic N) is 2. The number of anilines is 1. The quantitative estimate of drug-likeness (QED) is 0.894. The number of halogens is 1. The molecule has 0 fully saturated rings. The molecule has 7 heteroatoms. The molecule has 1 heterocycles. The summed E-state index contributed by atoms with van der Waals surface area (Å²) < 4.78 is 0. The largest absolute Gasteiger partial charge is 0.387 e. The summed E-state index contributed by atoms with van der Waals surface area (Å²) in [6.07, 6.45) is 0.0621. The van der Waals surface area contributed by atoms with Crippen LogP contribution in [0, 0.1) is 0 Å². The lowest BCUT2D eigenvalue weighted by Gasteiger charge is -2.15. The van der Waals surface area contributed by atoms with Crippen LogP contribution in [0.5, 0.6) is 0 Å². The van der Waals surface area contributed by atoms with Crippen molar-refractivity contribution in [2.45, 2.75) is 12.5 Å². The minimum absolute atomic E-state index is 0.233. The minimum atomic E-state index is -0.418. The monoisotopic (exact) mass is 371 g/mol. The van der Waals surface area contributed by atoms with E-state index >= 15 is 0 Å². The van der Waals surface area contributed by atoms with Gasteiger partial charge < -0.3 is 15.1 Å². The van der Waals surface area contributed by atoms with Gasteiger partial charge in [-0.3, -0.25) is 9.59 Å². The van der Waals surface area contributed by atoms with Crippen LogP contribution in [0.3, 0.4) is 0 Å². The molecule has 0 unspecified atom stereocenters. The molecule has 26 heavy (non-hydrogen) atoms. The lowest BCUT2D eigenvalue weighted by Crippen LogP contribution is -2.26. The van der Waals surface area contributed by atoms with E-state index in [1.807, 2.05) is 30.3 Å². The molecule has 6 nitrogen and oxygen atoms in total. The van der Waals surface area contributed by atoms with E-state index in [1.165, 1.54) is 4.90 Å². The van der Waals surface area contributed by atoms with Crippen LogP contribution in [0.2, 0.25) is 5.02 Å². The molecule has 0 aromatic heterocycles. The number of benzene rings is 2. The zero-order chi connectivity index (χ0) is 18.7. The average molecular weight is 372 g/mol. The Balaban J connectivity index is 1.75. The summed E-state index contributed by atoms with van der Waals surface area (Å²) in [5.41, 5.74) is 1.91. The predicted molar refractivity (Wildman–Crippen MR) is 100 cm³/mol. The molecule has 1 aliphatic rings. The van der Waals surface area contributed by atoms with Crippen LogP contribution in [0.25, 0.3) is 0 Å². The Morgan fingerprint density at radius 1 is 1.19 bits per heavy atom. The molecule has 1 N–H and O–H groups in total. The molecule has 3 rings (SSSR count). The second-order valence-corrected chi connectivity index (χ2v) is 6.53. The predicted octanol–water partition coefficient (Wildman–Crippen LogP) is 3.50. The Morgan fingerprint density at radius 3 is 2.62 bits per heavy atom. The van der Waals surface area contributed by atoms with E-state index in [0.29, 0.717) is 22.7 Å². The van der Waals surface area contributed by atoms with Gasteiger partial charge in [-0.25, -0.2) is 0 Å². The van der Waals surface area contributed by atoms with Crippen molar-refractivity contribution in [2.75, 3.05) is 19.4 Å². The first kappa shape index (κ1) is 17.9. The summed E-state index contributed by atoms with van der Waals surface area (Å²) in [6.45, 7) is 0. The Bertz CT molecular complexity index is 866. The molecule has 0 saturated carbocycles. The zero-order valence-corrected chi connectivity index (χ0v) is 15.2. The maximum absolute atomic E-state index is 12.6. The van der Waals surface area contributed by atoms with Gasteiger partial charge in [0.25, 0.3) is 11.8 Å². The maximum Gasteiger partial charge on any atom is 0.273 e. The fourth-order valence-corrected chi connectivity index (χ4v) is 2.77. The zero-order valence-electron chi connectivity index (χ0n) is 14.4. The van der Waals surface area contributed by atoms with Crippen molar-refractivity contribution in [3.63, 3.8) is 0 Å². The third-order valence-corrected chi connectivity index (χ3v) is 4.20. The Morgan fingerprint density at radius 2 is 1.92 bits per heavy atom. The Kier molecular flexibility index (Phi) is 5.23. The summed E-state index contributed by atoms with van der Waals surface area (Å²) in [4.78, 5) is 31.7. The fraction of sp³-hybridized carbons (Fsp3) is 0.211. The van der Waals surface area contributed by atoms with Gasteiger partial charge >= 0.3 is 0 Å². The highest BCUT2D eigenvalue weighted by Crippen LogP contribution is 2.28. The molecule has 0 spiro atoms. The van der Waals surface area contributed by atoms with E-state index < -0.39 is 5.91 Å². The molecule has 2 aromatic rings. The number of oxime groups is 1. The molecule has 0 radical (unpaired) electrons. The standard InChI is InChI=1S/C19H18ClN3O3/c1-23(2)19(25)14-9-8-13(20)10-15(14)21-18(24)16-11-17(26-22-16)12-6-4-3-5-7-12/h3-10,17H,11H2,1-2H3,(H,21,24)/t17-/m1/s1. The molecule has 0 saturated heterocycles. The molecule has 2 aromatic carbocycles. The molecular weight excluding hydrogens is 354 g/mol. The molecule has 2 amide bonds. The number of nitrogens with one attached hydrogen (secondary N) is 1. The van der Waals surface area contributed by atoms with E-state index in [1.54, 1.807) is 32.3 Å². The third kappa shape index (κ3) is 3.86. The first-order valence-electron chi connectivity index (χ1n) is 8.06. The second kappa shape index (κ2) is 7.58. The van der Waals surface area contributed by atoms with Gasteiger partial charge in [-0.15, -0.1) is 0 Å². The number of hydrogen-bond acceptors (Lipinski definition) is 4. The maximum atomic E-state index is 12.6. The van der Waals surface area contributed by atoms with E-state index in [0.717, 1.165) is 5.56 Å². The first-order valence-corrected chi connectivity index (χ1v) is 8.43. The smallest absolute Gasteiger partial charge is 0.273 e. The van der Waals surface area contributed by atoms with Gasteiger partial charge in [-0.1, -0.05) is 47.1 Å². The molecule has 134 valence electrons. The number of carbonyl (C=O) groups is 2. The van der Waals surface area contributed by atoms with Crippen molar-refractivity contribution >= 4 is 34.8 Å². The van der Waals surface area contributed by atoms with Gasteiger partial charge in [0, 0.05) is 25.5 Å². The number of hydrogen-bond donors (Lipinski definition) is 1. The third-order valence-electron chi connectivity index (χ3n) is 3.97. The molecule has 0 aliphatic carbocycles. The fourth-order valence-electron chi connectivity index (χ4n) is 2.60. The highest BCUT2D eigenvalue weighted by atomic mass is 35.5. The van der Waals surface area contributed by atoms with Crippen molar-refractivity contribution in [2.24, 2.45) is 5.16 Å². The van der Waals surface area contributed by atoms with Crippen LogP contribution in [0.1, 0.15) is 28.4 Å². The minimum Gasteiger partial charge on any atom is -0.387 e. The van der Waals surface area contributed by atoms with Gasteiger partial charge in [-0.2, -0.15) is 0 Å². The summed E-state index contributed by atoms with van der Waals surface area (Å²) in [5.74, 6) is -0.651. The van der Waals surface area contributed by atoms with Crippen molar-refractivity contribution < 1.29 is 14.4 Å².